The van der Waals surface area contributed by atoms with Gasteiger partial charge in [-0.3, -0.25) is 4.79 Å². The number of nitrogens with one attached hydrogen (secondary N) is 1. The molecule has 0 fully saturated rings. The Bertz CT molecular complexity index is 938. The summed E-state index contributed by atoms with van der Waals surface area (Å²) in [6.07, 6.45) is -2.97. The minimum atomic E-state index is -4.46. The van der Waals surface area contributed by atoms with Gasteiger partial charge in [0.05, 0.1) is 5.56 Å². The molecule has 0 saturated heterocycles. The van der Waals surface area contributed by atoms with Crippen molar-refractivity contribution in [2.75, 3.05) is 12.1 Å². The molecule has 0 spiro atoms. The van der Waals surface area contributed by atoms with Crippen molar-refractivity contribution < 1.29 is 37.0 Å². The van der Waals surface area contributed by atoms with Gasteiger partial charge in [0.15, 0.2) is 17.6 Å². The highest BCUT2D eigenvalue weighted by molar-refractivity contribution is 5.96. The molecule has 1 aliphatic heterocycles. The van der Waals surface area contributed by atoms with Crippen LogP contribution in [-0.4, -0.2) is 24.8 Å². The second kappa shape index (κ2) is 8.26. The number of fused-ring (bicyclic) bond motifs is 1. The minimum absolute atomic E-state index is 0.135. The Kier molecular flexibility index (Phi) is 5.76. The summed E-state index contributed by atoms with van der Waals surface area (Å²) >= 11 is 0. The largest absolute Gasteiger partial charge is 0.454 e. The molecule has 6 nitrogen and oxygen atoms in total. The Morgan fingerprint density at radius 2 is 1.79 bits per heavy atom. The van der Waals surface area contributed by atoms with E-state index < -0.39 is 29.7 Å². The monoisotopic (exact) mass is 407 g/mol. The first-order valence-corrected chi connectivity index (χ1v) is 8.49. The molecule has 0 aliphatic carbocycles. The number of benzene rings is 2. The average Bonchev–Trinajstić information content (AvgIpc) is 3.14. The summed E-state index contributed by atoms with van der Waals surface area (Å²) in [4.78, 5) is 24.0. The van der Waals surface area contributed by atoms with Crippen LogP contribution in [-0.2, 0) is 20.5 Å². The summed E-state index contributed by atoms with van der Waals surface area (Å²) in [5, 5.41) is 2.39. The third kappa shape index (κ3) is 5.28. The molecule has 2 aromatic carbocycles. The maximum atomic E-state index is 12.5. The van der Waals surface area contributed by atoms with Crippen LogP contribution in [0.4, 0.5) is 18.9 Å². The number of rotatable bonds is 5. The number of carbonyl (C=O) groups is 2. The van der Waals surface area contributed by atoms with Gasteiger partial charge < -0.3 is 19.5 Å². The first kappa shape index (κ1) is 20.2. The second-order valence-electron chi connectivity index (χ2n) is 6.09. The van der Waals surface area contributed by atoms with Crippen LogP contribution in [0.3, 0.4) is 0 Å². The predicted octanol–water partition coefficient (Wildman–Crippen LogP) is 4.02. The normalized spacial score (nSPS) is 13.9. The number of ether oxygens (including phenoxy) is 3. The molecule has 29 heavy (non-hydrogen) atoms. The molecule has 0 saturated carbocycles. The molecule has 0 bridgehead atoms. The number of halogens is 3. The van der Waals surface area contributed by atoms with Gasteiger partial charge in [-0.05, 0) is 55.0 Å². The molecule has 1 aliphatic rings. The number of anilines is 1. The van der Waals surface area contributed by atoms with Gasteiger partial charge in [0.2, 0.25) is 6.79 Å². The van der Waals surface area contributed by atoms with Crippen LogP contribution in [0, 0.1) is 0 Å². The molecule has 1 heterocycles. The van der Waals surface area contributed by atoms with Crippen molar-refractivity contribution in [2.24, 2.45) is 0 Å². The summed E-state index contributed by atoms with van der Waals surface area (Å²) in [6.45, 7) is 1.49. The summed E-state index contributed by atoms with van der Waals surface area (Å²) in [7, 11) is 0. The van der Waals surface area contributed by atoms with Crippen molar-refractivity contribution in [1.82, 2.24) is 0 Å². The van der Waals surface area contributed by atoms with E-state index >= 15 is 0 Å². The van der Waals surface area contributed by atoms with E-state index in [1.54, 1.807) is 18.2 Å². The lowest BCUT2D eigenvalue weighted by Gasteiger charge is -2.13. The number of carbonyl (C=O) groups excluding carboxylic acids is 2. The van der Waals surface area contributed by atoms with Gasteiger partial charge in [0.1, 0.15) is 0 Å². The maximum Gasteiger partial charge on any atom is 0.416 e. The lowest BCUT2D eigenvalue weighted by atomic mass is 10.2. The van der Waals surface area contributed by atoms with Crippen LogP contribution in [0.1, 0.15) is 18.1 Å². The zero-order chi connectivity index (χ0) is 21.0. The third-order valence-electron chi connectivity index (χ3n) is 3.95. The zero-order valence-electron chi connectivity index (χ0n) is 15.2. The Labute approximate surface area is 163 Å². The topological polar surface area (TPSA) is 73.9 Å². The number of hydrogen-bond donors (Lipinski definition) is 1. The van der Waals surface area contributed by atoms with E-state index in [1.807, 2.05) is 0 Å². The molecule has 0 unspecified atom stereocenters. The van der Waals surface area contributed by atoms with Gasteiger partial charge in [-0.2, -0.15) is 13.2 Å². The van der Waals surface area contributed by atoms with E-state index in [2.05, 4.69) is 5.32 Å². The van der Waals surface area contributed by atoms with Gasteiger partial charge in [0.25, 0.3) is 5.91 Å². The first-order valence-electron chi connectivity index (χ1n) is 8.49. The van der Waals surface area contributed by atoms with Gasteiger partial charge in [-0.25, -0.2) is 4.79 Å². The summed E-state index contributed by atoms with van der Waals surface area (Å²) in [5.74, 6) is -0.254. The molecule has 3 rings (SSSR count). The molecule has 152 valence electrons. The zero-order valence-corrected chi connectivity index (χ0v) is 15.2. The third-order valence-corrected chi connectivity index (χ3v) is 3.95. The van der Waals surface area contributed by atoms with Crippen LogP contribution in [0.5, 0.6) is 11.5 Å². The molecule has 9 heteroatoms. The van der Waals surface area contributed by atoms with Gasteiger partial charge in [-0.1, -0.05) is 6.07 Å². The van der Waals surface area contributed by atoms with Crippen molar-refractivity contribution in [1.29, 1.82) is 0 Å². The highest BCUT2D eigenvalue weighted by atomic mass is 19.4. The van der Waals surface area contributed by atoms with Crippen molar-refractivity contribution in [3.8, 4) is 11.5 Å². The van der Waals surface area contributed by atoms with E-state index in [9.17, 15) is 22.8 Å². The fourth-order valence-electron chi connectivity index (χ4n) is 2.43. The van der Waals surface area contributed by atoms with Crippen molar-refractivity contribution in [2.45, 2.75) is 19.2 Å². The highest BCUT2D eigenvalue weighted by Gasteiger charge is 2.30. The van der Waals surface area contributed by atoms with E-state index in [4.69, 9.17) is 14.2 Å². The van der Waals surface area contributed by atoms with Crippen molar-refractivity contribution in [3.63, 3.8) is 0 Å². The molecule has 1 amide bonds. The summed E-state index contributed by atoms with van der Waals surface area (Å²) in [5.41, 5.74) is -0.00140. The fourth-order valence-corrected chi connectivity index (χ4v) is 2.43. The van der Waals surface area contributed by atoms with Crippen LogP contribution < -0.4 is 14.8 Å². The summed E-state index contributed by atoms with van der Waals surface area (Å²) < 4.78 is 53.1. The van der Waals surface area contributed by atoms with E-state index in [0.717, 1.165) is 30.3 Å². The number of esters is 1. The average molecular weight is 407 g/mol. The predicted molar refractivity (Wildman–Crippen MR) is 97.2 cm³/mol. The van der Waals surface area contributed by atoms with E-state index in [0.29, 0.717) is 17.1 Å². The van der Waals surface area contributed by atoms with Gasteiger partial charge >= 0.3 is 12.1 Å². The SMILES string of the molecule is C[C@H](OC(=O)/C=C/c1ccc2c(c1)OCO2)C(=O)Nc1ccc(C(F)(F)F)cc1. The maximum absolute atomic E-state index is 12.5. The highest BCUT2D eigenvalue weighted by Crippen LogP contribution is 2.33. The lowest BCUT2D eigenvalue weighted by Crippen LogP contribution is -2.29. The molecule has 1 atom stereocenters. The molecular weight excluding hydrogens is 391 g/mol. The first-order chi connectivity index (χ1) is 13.7. The Morgan fingerprint density at radius 1 is 1.10 bits per heavy atom. The lowest BCUT2D eigenvalue weighted by molar-refractivity contribution is -0.148. The van der Waals surface area contributed by atoms with Gasteiger partial charge in [0, 0.05) is 11.8 Å². The van der Waals surface area contributed by atoms with Crippen molar-refractivity contribution in [3.05, 3.63) is 59.7 Å². The van der Waals surface area contributed by atoms with Crippen LogP contribution in [0.25, 0.3) is 6.08 Å². The quantitative estimate of drug-likeness (QED) is 0.599. The molecule has 1 N–H and O–H groups in total. The molecular formula is C20H16F3NO5. The van der Waals surface area contributed by atoms with Crippen LogP contribution in [0.15, 0.2) is 48.5 Å². The smallest absolute Gasteiger partial charge is 0.416 e. The summed E-state index contributed by atoms with van der Waals surface area (Å²) in [6, 6.07) is 9.04. The Morgan fingerprint density at radius 3 is 2.48 bits per heavy atom. The van der Waals surface area contributed by atoms with Crippen LogP contribution >= 0.6 is 0 Å². The Balaban J connectivity index is 1.53. The number of alkyl halides is 3. The molecule has 2 aromatic rings. The standard InChI is InChI=1S/C20H16F3NO5/c1-12(19(26)24-15-6-4-14(5-7-15)20(21,22)23)29-18(25)9-3-13-2-8-16-17(10-13)28-11-27-16/h2-10,12H,11H2,1H3,(H,24,26)/b9-3+/t12-/m0/s1. The molecule has 0 aromatic heterocycles. The Hall–Kier alpha value is -3.49. The van der Waals surface area contributed by atoms with Crippen molar-refractivity contribution >= 4 is 23.6 Å². The fraction of sp³-hybridized carbons (Fsp3) is 0.200. The van der Waals surface area contributed by atoms with Gasteiger partial charge in [-0.15, -0.1) is 0 Å². The minimum Gasteiger partial charge on any atom is -0.454 e. The number of amides is 1. The number of hydrogen-bond acceptors (Lipinski definition) is 5. The molecule has 0 radical (unpaired) electrons. The van der Waals surface area contributed by atoms with Crippen LogP contribution in [0.2, 0.25) is 0 Å². The second-order valence-corrected chi connectivity index (χ2v) is 6.09. The van der Waals surface area contributed by atoms with E-state index in [1.165, 1.54) is 13.0 Å². The van der Waals surface area contributed by atoms with E-state index in [-0.39, 0.29) is 12.5 Å².